The van der Waals surface area contributed by atoms with Crippen LogP contribution in [-0.4, -0.2) is 29.2 Å². The zero-order valence-electron chi connectivity index (χ0n) is 12.8. The predicted molar refractivity (Wildman–Crippen MR) is 89.1 cm³/mol. The van der Waals surface area contributed by atoms with Crippen LogP contribution in [0.15, 0.2) is 34.8 Å². The number of hydrogen-bond donors (Lipinski definition) is 0. The topological polar surface area (TPSA) is 29.3 Å². The van der Waals surface area contributed by atoms with E-state index in [2.05, 4.69) is 40.2 Å². The molecule has 0 N–H and O–H groups in total. The molecule has 1 aromatic rings. The van der Waals surface area contributed by atoms with Crippen molar-refractivity contribution in [2.45, 2.75) is 45.3 Å². The van der Waals surface area contributed by atoms with E-state index in [1.54, 1.807) is 4.90 Å². The molecule has 0 unspecified atom stereocenters. The molecule has 1 aliphatic rings. The summed E-state index contributed by atoms with van der Waals surface area (Å²) in [6.07, 6.45) is 6.05. The molecule has 1 amide bonds. The quantitative estimate of drug-likeness (QED) is 0.724. The van der Waals surface area contributed by atoms with Gasteiger partial charge in [-0.3, -0.25) is 0 Å². The molecule has 3 nitrogen and oxygen atoms in total. The van der Waals surface area contributed by atoms with Crippen molar-refractivity contribution >= 4 is 28.1 Å². The summed E-state index contributed by atoms with van der Waals surface area (Å²) in [6, 6.07) is 8.56. The Balaban J connectivity index is 1.69. The van der Waals surface area contributed by atoms with Crippen LogP contribution in [0.2, 0.25) is 0 Å². The van der Waals surface area contributed by atoms with Gasteiger partial charge in [-0.1, -0.05) is 40.2 Å². The molecule has 1 aromatic carbocycles. The second-order valence-electron chi connectivity index (χ2n) is 6.32. The Morgan fingerprint density at radius 3 is 2.67 bits per heavy atom. The molecule has 1 heterocycles. The van der Waals surface area contributed by atoms with Crippen LogP contribution in [0.3, 0.4) is 0 Å². The first-order valence-corrected chi connectivity index (χ1v) is 8.06. The fraction of sp³-hybridized carbons (Fsp3) is 0.471. The summed E-state index contributed by atoms with van der Waals surface area (Å²) in [5.74, 6) is 0. The first-order chi connectivity index (χ1) is 9.85. The van der Waals surface area contributed by atoms with Gasteiger partial charge < -0.3 is 9.64 Å². The molecule has 0 radical (unpaired) electrons. The maximum atomic E-state index is 11.8. The lowest BCUT2D eigenvalue weighted by Crippen LogP contribution is -2.27. The Kier molecular flexibility index (Phi) is 5.09. The molecular formula is C17H22BrNO2. The van der Waals surface area contributed by atoms with Gasteiger partial charge in [0.15, 0.2) is 0 Å². The lowest BCUT2D eigenvalue weighted by Gasteiger charge is -2.19. The summed E-state index contributed by atoms with van der Waals surface area (Å²) >= 11 is 3.42. The minimum absolute atomic E-state index is 0.190. The number of benzene rings is 1. The van der Waals surface area contributed by atoms with E-state index >= 15 is 0 Å². The van der Waals surface area contributed by atoms with E-state index in [1.165, 1.54) is 5.56 Å². The van der Waals surface area contributed by atoms with Crippen LogP contribution in [0.1, 0.15) is 39.2 Å². The number of amides is 1. The van der Waals surface area contributed by atoms with Gasteiger partial charge in [0.05, 0.1) is 6.04 Å². The standard InChI is InChI=1S/C17H22BrNO2/c1-17(2,3)21-16(20)19-12-15(19)7-5-4-6-13-8-10-14(18)11-9-13/h4,6,8-11,15H,5,7,12H2,1-3H3/b6-4+/t15-,19?/m0/s1. The summed E-state index contributed by atoms with van der Waals surface area (Å²) in [5.41, 5.74) is 0.782. The van der Waals surface area contributed by atoms with Crippen LogP contribution >= 0.6 is 15.9 Å². The Morgan fingerprint density at radius 2 is 2.05 bits per heavy atom. The zero-order chi connectivity index (χ0) is 15.5. The SMILES string of the molecule is CC(C)(C)OC(=O)N1C[C@@H]1CC/C=C/c1ccc(Br)cc1. The van der Waals surface area contributed by atoms with E-state index < -0.39 is 5.60 Å². The van der Waals surface area contributed by atoms with Crippen molar-refractivity contribution in [3.8, 4) is 0 Å². The summed E-state index contributed by atoms with van der Waals surface area (Å²) in [4.78, 5) is 13.6. The van der Waals surface area contributed by atoms with E-state index in [1.807, 2.05) is 32.9 Å². The highest BCUT2D eigenvalue weighted by molar-refractivity contribution is 9.10. The molecule has 1 saturated heterocycles. The smallest absolute Gasteiger partial charge is 0.410 e. The highest BCUT2D eigenvalue weighted by Gasteiger charge is 2.40. The van der Waals surface area contributed by atoms with Crippen molar-refractivity contribution in [2.24, 2.45) is 0 Å². The van der Waals surface area contributed by atoms with Crippen LogP contribution in [0.25, 0.3) is 6.08 Å². The molecule has 0 aromatic heterocycles. The third-order valence-corrected chi connectivity index (χ3v) is 3.72. The average Bonchev–Trinajstić information content (AvgIpc) is 3.14. The summed E-state index contributed by atoms with van der Waals surface area (Å²) in [7, 11) is 0. The minimum atomic E-state index is -0.411. The van der Waals surface area contributed by atoms with Gasteiger partial charge in [0.1, 0.15) is 5.60 Å². The highest BCUT2D eigenvalue weighted by atomic mass is 79.9. The predicted octanol–water partition coefficient (Wildman–Crippen LogP) is 4.86. The number of carbonyl (C=O) groups excluding carboxylic acids is 1. The van der Waals surface area contributed by atoms with Gasteiger partial charge in [-0.15, -0.1) is 0 Å². The van der Waals surface area contributed by atoms with Crippen LogP contribution in [0.4, 0.5) is 4.79 Å². The van der Waals surface area contributed by atoms with Crippen LogP contribution in [-0.2, 0) is 4.74 Å². The van der Waals surface area contributed by atoms with E-state index in [0.717, 1.165) is 23.9 Å². The number of nitrogens with zero attached hydrogens (tertiary/aromatic N) is 1. The number of carbonyl (C=O) groups is 1. The number of allylic oxidation sites excluding steroid dienone is 1. The summed E-state index contributed by atoms with van der Waals surface area (Å²) in [6.45, 7) is 6.50. The zero-order valence-corrected chi connectivity index (χ0v) is 14.4. The molecular weight excluding hydrogens is 330 g/mol. The molecule has 1 fully saturated rings. The van der Waals surface area contributed by atoms with E-state index in [0.29, 0.717) is 6.04 Å². The first kappa shape index (κ1) is 16.1. The van der Waals surface area contributed by atoms with Crippen LogP contribution < -0.4 is 0 Å². The Bertz CT molecular complexity index is 517. The Labute approximate surface area is 135 Å². The fourth-order valence-electron chi connectivity index (χ4n) is 2.05. The second-order valence-corrected chi connectivity index (χ2v) is 7.23. The number of hydrogen-bond acceptors (Lipinski definition) is 2. The molecule has 1 atom stereocenters. The van der Waals surface area contributed by atoms with Crippen molar-refractivity contribution in [3.63, 3.8) is 0 Å². The summed E-state index contributed by atoms with van der Waals surface area (Å²) in [5, 5.41) is 0. The lowest BCUT2D eigenvalue weighted by atomic mass is 10.1. The molecule has 21 heavy (non-hydrogen) atoms. The molecule has 0 saturated carbocycles. The fourth-order valence-corrected chi connectivity index (χ4v) is 2.32. The maximum Gasteiger partial charge on any atom is 0.410 e. The number of halogens is 1. The third kappa shape index (κ3) is 5.54. The van der Waals surface area contributed by atoms with Gasteiger partial charge in [0, 0.05) is 11.0 Å². The average molecular weight is 352 g/mol. The van der Waals surface area contributed by atoms with Gasteiger partial charge in [0.2, 0.25) is 0 Å². The number of rotatable bonds is 4. The highest BCUT2D eigenvalue weighted by Crippen LogP contribution is 2.25. The van der Waals surface area contributed by atoms with Crippen molar-refractivity contribution in [2.75, 3.05) is 6.54 Å². The van der Waals surface area contributed by atoms with Gasteiger partial charge >= 0.3 is 6.09 Å². The van der Waals surface area contributed by atoms with Gasteiger partial charge in [-0.05, 0) is 51.3 Å². The van der Waals surface area contributed by atoms with Crippen molar-refractivity contribution < 1.29 is 9.53 Å². The van der Waals surface area contributed by atoms with Crippen LogP contribution in [0.5, 0.6) is 0 Å². The van der Waals surface area contributed by atoms with E-state index in [4.69, 9.17) is 4.74 Å². The Hall–Kier alpha value is -1.29. The van der Waals surface area contributed by atoms with Crippen molar-refractivity contribution in [3.05, 3.63) is 40.4 Å². The molecule has 0 spiro atoms. The lowest BCUT2D eigenvalue weighted by molar-refractivity contribution is 0.0406. The first-order valence-electron chi connectivity index (χ1n) is 7.27. The molecule has 0 aliphatic carbocycles. The molecule has 0 bridgehead atoms. The third-order valence-electron chi connectivity index (χ3n) is 3.19. The second kappa shape index (κ2) is 6.65. The van der Waals surface area contributed by atoms with E-state index in [-0.39, 0.29) is 6.09 Å². The van der Waals surface area contributed by atoms with Crippen LogP contribution in [0, 0.1) is 0 Å². The monoisotopic (exact) mass is 351 g/mol. The normalized spacial score (nSPS) is 18.1. The molecule has 4 heteroatoms. The molecule has 114 valence electrons. The van der Waals surface area contributed by atoms with Gasteiger partial charge in [-0.2, -0.15) is 0 Å². The minimum Gasteiger partial charge on any atom is -0.444 e. The number of ether oxygens (including phenoxy) is 1. The van der Waals surface area contributed by atoms with E-state index in [9.17, 15) is 4.79 Å². The van der Waals surface area contributed by atoms with Crippen molar-refractivity contribution in [1.29, 1.82) is 0 Å². The molecule has 2 rings (SSSR count). The Morgan fingerprint density at radius 1 is 1.38 bits per heavy atom. The van der Waals surface area contributed by atoms with Gasteiger partial charge in [0.25, 0.3) is 0 Å². The largest absolute Gasteiger partial charge is 0.444 e. The van der Waals surface area contributed by atoms with Gasteiger partial charge in [-0.25, -0.2) is 4.79 Å². The maximum absolute atomic E-state index is 11.8. The summed E-state index contributed by atoms with van der Waals surface area (Å²) < 4.78 is 6.43. The van der Waals surface area contributed by atoms with Crippen molar-refractivity contribution in [1.82, 2.24) is 4.90 Å². The molecule has 1 aliphatic heterocycles.